The Morgan fingerprint density at radius 1 is 1.40 bits per heavy atom. The topological polar surface area (TPSA) is 70.8 Å². The van der Waals surface area contributed by atoms with Gasteiger partial charge in [-0.25, -0.2) is 0 Å². The molecule has 1 fully saturated rings. The third-order valence-electron chi connectivity index (χ3n) is 6.61. The third kappa shape index (κ3) is 4.43. The molecule has 0 saturated carbocycles. The molecule has 1 spiro atoms. The fourth-order valence-electron chi connectivity index (χ4n) is 4.71. The Hall–Kier alpha value is -1.44. The van der Waals surface area contributed by atoms with Crippen LogP contribution in [0.1, 0.15) is 50.3 Å². The van der Waals surface area contributed by atoms with Gasteiger partial charge in [0.2, 0.25) is 0 Å². The highest BCUT2D eigenvalue weighted by atomic mass is 35.5. The Balaban J connectivity index is 1.43. The molecular formula is C23H32ClN3O3. The zero-order chi connectivity index (χ0) is 21.5. The van der Waals surface area contributed by atoms with Crippen LogP contribution in [0.5, 0.6) is 0 Å². The molecule has 2 N–H and O–H groups in total. The number of aromatic nitrogens is 2. The van der Waals surface area contributed by atoms with Gasteiger partial charge in [0.1, 0.15) is 6.10 Å². The molecule has 3 atom stereocenters. The monoisotopic (exact) mass is 433 g/mol. The number of benzene rings is 1. The van der Waals surface area contributed by atoms with E-state index in [9.17, 15) is 10.2 Å². The maximum atomic E-state index is 10.1. The Morgan fingerprint density at radius 2 is 2.20 bits per heavy atom. The maximum Gasteiger partial charge on any atom is 0.102 e. The SMILES string of the molecule is C[C@H]1C[C@@]2(CCN1Cc1cnn(C[C@H](O)C(C)(C)O)c1)OCCc1ccc(Cl)cc12. The number of hydrogen-bond donors (Lipinski definition) is 2. The molecular weight excluding hydrogens is 402 g/mol. The highest BCUT2D eigenvalue weighted by Crippen LogP contribution is 2.44. The first kappa shape index (κ1) is 21.8. The molecule has 4 rings (SSSR count). The predicted octanol–water partition coefficient (Wildman–Crippen LogP) is 3.12. The standard InChI is InChI=1S/C23H32ClN3O3/c1-16-11-23(20-10-19(24)5-4-18(20)6-9-30-23)7-8-26(16)13-17-12-25-27(14-17)15-21(28)22(2,3)29/h4-5,10,12,14,16,21,28-29H,6-9,11,13,15H2,1-3H3/t16-,21-,23+/m0/s1. The fraction of sp³-hybridized carbons (Fsp3) is 0.609. The second-order valence-corrected chi connectivity index (χ2v) is 9.84. The van der Waals surface area contributed by atoms with E-state index in [1.54, 1.807) is 18.5 Å². The fourth-order valence-corrected chi connectivity index (χ4v) is 4.88. The van der Waals surface area contributed by atoms with Gasteiger partial charge in [-0.05, 0) is 63.3 Å². The van der Waals surface area contributed by atoms with Gasteiger partial charge in [0.15, 0.2) is 0 Å². The summed E-state index contributed by atoms with van der Waals surface area (Å²) >= 11 is 6.31. The molecule has 3 heterocycles. The second-order valence-electron chi connectivity index (χ2n) is 9.41. The molecule has 0 radical (unpaired) electrons. The zero-order valence-corrected chi connectivity index (χ0v) is 18.8. The summed E-state index contributed by atoms with van der Waals surface area (Å²) in [5, 5.41) is 25.2. The van der Waals surface area contributed by atoms with Crippen LogP contribution in [0.25, 0.3) is 0 Å². The van der Waals surface area contributed by atoms with Crippen molar-refractivity contribution in [1.82, 2.24) is 14.7 Å². The Labute approximate surface area is 183 Å². The molecule has 30 heavy (non-hydrogen) atoms. The van der Waals surface area contributed by atoms with E-state index < -0.39 is 11.7 Å². The number of hydrogen-bond acceptors (Lipinski definition) is 5. The number of aliphatic hydroxyl groups is 2. The molecule has 2 aliphatic rings. The van der Waals surface area contributed by atoms with E-state index >= 15 is 0 Å². The van der Waals surface area contributed by atoms with E-state index in [0.29, 0.717) is 6.04 Å². The predicted molar refractivity (Wildman–Crippen MR) is 116 cm³/mol. The first-order valence-electron chi connectivity index (χ1n) is 10.7. The lowest BCUT2D eigenvalue weighted by Crippen LogP contribution is -2.50. The lowest BCUT2D eigenvalue weighted by atomic mass is 9.77. The van der Waals surface area contributed by atoms with Crippen LogP contribution in [0.15, 0.2) is 30.6 Å². The minimum Gasteiger partial charge on any atom is -0.388 e. The van der Waals surface area contributed by atoms with Crippen LogP contribution in [0.4, 0.5) is 0 Å². The van der Waals surface area contributed by atoms with Crippen LogP contribution in [0.3, 0.4) is 0 Å². The van der Waals surface area contributed by atoms with Crippen LogP contribution >= 0.6 is 11.6 Å². The van der Waals surface area contributed by atoms with Crippen molar-refractivity contribution < 1.29 is 14.9 Å². The number of nitrogens with zero attached hydrogens (tertiary/aromatic N) is 3. The van der Waals surface area contributed by atoms with Crippen LogP contribution < -0.4 is 0 Å². The van der Waals surface area contributed by atoms with Crippen LogP contribution in [0, 0.1) is 0 Å². The van der Waals surface area contributed by atoms with Gasteiger partial charge in [0.05, 0.1) is 30.6 Å². The van der Waals surface area contributed by atoms with Crippen LogP contribution in [-0.4, -0.2) is 55.8 Å². The van der Waals surface area contributed by atoms with Gasteiger partial charge in [-0.15, -0.1) is 0 Å². The van der Waals surface area contributed by atoms with Gasteiger partial charge in [-0.3, -0.25) is 9.58 Å². The van der Waals surface area contributed by atoms with E-state index in [0.717, 1.165) is 49.5 Å². The first-order valence-corrected chi connectivity index (χ1v) is 11.1. The molecule has 6 nitrogen and oxygen atoms in total. The molecule has 0 unspecified atom stereocenters. The highest BCUT2D eigenvalue weighted by Gasteiger charge is 2.43. The summed E-state index contributed by atoms with van der Waals surface area (Å²) in [5.41, 5.74) is 2.34. The summed E-state index contributed by atoms with van der Waals surface area (Å²) in [6.45, 7) is 8.23. The van der Waals surface area contributed by atoms with Crippen molar-refractivity contribution in [1.29, 1.82) is 0 Å². The summed E-state index contributed by atoms with van der Waals surface area (Å²) < 4.78 is 8.09. The van der Waals surface area contributed by atoms with Gasteiger partial charge >= 0.3 is 0 Å². The molecule has 2 aromatic rings. The number of piperidine rings is 1. The average Bonchev–Trinajstić information content (AvgIpc) is 3.11. The molecule has 2 aliphatic heterocycles. The quantitative estimate of drug-likeness (QED) is 0.758. The largest absolute Gasteiger partial charge is 0.388 e. The van der Waals surface area contributed by atoms with Gasteiger partial charge in [-0.2, -0.15) is 5.10 Å². The van der Waals surface area contributed by atoms with Gasteiger partial charge in [-0.1, -0.05) is 17.7 Å². The molecule has 0 aliphatic carbocycles. The molecule has 1 aromatic heterocycles. The lowest BCUT2D eigenvalue weighted by molar-refractivity contribution is -0.113. The van der Waals surface area contributed by atoms with Crippen LogP contribution in [0.2, 0.25) is 5.02 Å². The summed E-state index contributed by atoms with van der Waals surface area (Å²) in [4.78, 5) is 2.46. The van der Waals surface area contributed by atoms with E-state index in [1.165, 1.54) is 11.1 Å². The van der Waals surface area contributed by atoms with Crippen molar-refractivity contribution in [2.75, 3.05) is 13.2 Å². The van der Waals surface area contributed by atoms with Crippen molar-refractivity contribution >= 4 is 11.6 Å². The molecule has 0 bridgehead atoms. The Kier molecular flexibility index (Phi) is 5.99. The summed E-state index contributed by atoms with van der Waals surface area (Å²) in [6, 6.07) is 6.57. The Morgan fingerprint density at radius 3 is 2.93 bits per heavy atom. The van der Waals surface area contributed by atoms with Crippen LogP contribution in [-0.2, 0) is 29.8 Å². The number of likely N-dealkylation sites (tertiary alicyclic amines) is 1. The van der Waals surface area contributed by atoms with E-state index in [1.807, 2.05) is 18.5 Å². The average molecular weight is 434 g/mol. The highest BCUT2D eigenvalue weighted by molar-refractivity contribution is 6.30. The molecule has 7 heteroatoms. The van der Waals surface area contributed by atoms with E-state index in [4.69, 9.17) is 16.3 Å². The zero-order valence-electron chi connectivity index (χ0n) is 18.0. The van der Waals surface area contributed by atoms with Crippen molar-refractivity contribution in [2.45, 2.75) is 76.5 Å². The van der Waals surface area contributed by atoms with E-state index in [2.05, 4.69) is 29.1 Å². The molecule has 1 aromatic carbocycles. The smallest absolute Gasteiger partial charge is 0.102 e. The van der Waals surface area contributed by atoms with E-state index in [-0.39, 0.29) is 12.1 Å². The second kappa shape index (κ2) is 8.24. The van der Waals surface area contributed by atoms with Crippen molar-refractivity contribution in [3.8, 4) is 0 Å². The normalized spacial score (nSPS) is 26.0. The van der Waals surface area contributed by atoms with Gasteiger partial charge in [0.25, 0.3) is 0 Å². The minimum absolute atomic E-state index is 0.241. The number of rotatable bonds is 5. The molecule has 164 valence electrons. The summed E-state index contributed by atoms with van der Waals surface area (Å²) in [7, 11) is 0. The lowest BCUT2D eigenvalue weighted by Gasteiger charge is -2.48. The van der Waals surface area contributed by atoms with Crippen molar-refractivity contribution in [3.63, 3.8) is 0 Å². The summed E-state index contributed by atoms with van der Waals surface area (Å²) in [5.74, 6) is 0. The molecule has 0 amide bonds. The Bertz CT molecular complexity index is 894. The van der Waals surface area contributed by atoms with Gasteiger partial charge < -0.3 is 14.9 Å². The minimum atomic E-state index is -1.15. The maximum absolute atomic E-state index is 10.1. The van der Waals surface area contributed by atoms with Crippen molar-refractivity contribution in [2.24, 2.45) is 0 Å². The third-order valence-corrected chi connectivity index (χ3v) is 6.85. The number of aliphatic hydroxyl groups excluding tert-OH is 1. The van der Waals surface area contributed by atoms with Crippen molar-refractivity contribution in [3.05, 3.63) is 52.3 Å². The summed E-state index contributed by atoms with van der Waals surface area (Å²) in [6.07, 6.45) is 5.76. The number of fused-ring (bicyclic) bond motifs is 2. The number of halogens is 1. The first-order chi connectivity index (χ1) is 14.2. The van der Waals surface area contributed by atoms with Gasteiger partial charge in [0, 0.05) is 35.9 Å². The number of ether oxygens (including phenoxy) is 1. The molecule has 1 saturated heterocycles.